The van der Waals surface area contributed by atoms with Crippen molar-refractivity contribution in [1.29, 1.82) is 0 Å². The third-order valence-electron chi connectivity index (χ3n) is 2.97. The van der Waals surface area contributed by atoms with E-state index in [1.54, 1.807) is 11.8 Å². The van der Waals surface area contributed by atoms with Crippen LogP contribution in [0.25, 0.3) is 0 Å². The maximum absolute atomic E-state index is 13.5. The minimum absolute atomic E-state index is 0.0631. The second-order valence-electron chi connectivity index (χ2n) is 4.21. The minimum atomic E-state index is -1.00. The number of hydrogen-bond acceptors (Lipinski definition) is 3. The first-order valence-corrected chi connectivity index (χ1v) is 5.55. The van der Waals surface area contributed by atoms with Crippen LogP contribution in [0.2, 0.25) is 0 Å². The van der Waals surface area contributed by atoms with Gasteiger partial charge in [0, 0.05) is 25.7 Å². The first-order chi connectivity index (χ1) is 8.49. The van der Waals surface area contributed by atoms with Gasteiger partial charge in [0.1, 0.15) is 0 Å². The lowest BCUT2D eigenvalue weighted by molar-refractivity contribution is 0.122. The van der Waals surface area contributed by atoms with Crippen LogP contribution in [0.3, 0.4) is 0 Å². The third kappa shape index (κ3) is 2.34. The van der Waals surface area contributed by atoms with E-state index in [9.17, 15) is 13.6 Å². The average molecular weight is 257 g/mol. The molecule has 1 aromatic rings. The molecule has 5 nitrogen and oxygen atoms in total. The van der Waals surface area contributed by atoms with Crippen LogP contribution in [-0.4, -0.2) is 46.8 Å². The number of carbonyl (C=O) groups is 1. The van der Waals surface area contributed by atoms with Crippen LogP contribution in [0, 0.1) is 11.8 Å². The van der Waals surface area contributed by atoms with Gasteiger partial charge in [-0.15, -0.1) is 0 Å². The molecule has 0 bridgehead atoms. The molecule has 0 radical (unpaired) electrons. The fraction of sp³-hybridized carbons (Fsp3) is 0.455. The molecule has 0 aromatic carbocycles. The van der Waals surface area contributed by atoms with Crippen molar-refractivity contribution >= 4 is 11.9 Å². The molecule has 1 atom stereocenters. The summed E-state index contributed by atoms with van der Waals surface area (Å²) in [5, 5.41) is 8.92. The molecule has 1 aliphatic rings. The van der Waals surface area contributed by atoms with Crippen molar-refractivity contribution in [2.45, 2.75) is 13.0 Å². The number of pyridine rings is 1. The summed E-state index contributed by atoms with van der Waals surface area (Å²) in [5.74, 6) is -1.42. The molecular weight excluding hydrogens is 244 g/mol. The van der Waals surface area contributed by atoms with Crippen LogP contribution in [0.1, 0.15) is 6.92 Å². The van der Waals surface area contributed by atoms with Crippen molar-refractivity contribution in [3.05, 3.63) is 23.9 Å². The average Bonchev–Trinajstić information content (AvgIpc) is 2.31. The Morgan fingerprint density at radius 1 is 1.44 bits per heavy atom. The fourth-order valence-electron chi connectivity index (χ4n) is 2.06. The maximum atomic E-state index is 13.5. The van der Waals surface area contributed by atoms with E-state index in [1.807, 2.05) is 0 Å². The lowest BCUT2D eigenvalue weighted by Crippen LogP contribution is -2.54. The number of carboxylic acid groups (broad SMARTS) is 1. The topological polar surface area (TPSA) is 56.7 Å². The molecule has 2 heterocycles. The van der Waals surface area contributed by atoms with E-state index in [0.29, 0.717) is 13.1 Å². The van der Waals surface area contributed by atoms with Gasteiger partial charge in [-0.2, -0.15) is 9.37 Å². The van der Waals surface area contributed by atoms with Gasteiger partial charge in [-0.1, -0.05) is 0 Å². The van der Waals surface area contributed by atoms with Gasteiger partial charge in [-0.05, 0) is 19.1 Å². The molecule has 0 aliphatic carbocycles. The molecule has 0 spiro atoms. The molecule has 1 aromatic heterocycles. The van der Waals surface area contributed by atoms with Crippen molar-refractivity contribution in [2.24, 2.45) is 0 Å². The van der Waals surface area contributed by atoms with Gasteiger partial charge in [-0.25, -0.2) is 9.18 Å². The third-order valence-corrected chi connectivity index (χ3v) is 2.97. The van der Waals surface area contributed by atoms with E-state index in [4.69, 9.17) is 5.11 Å². The van der Waals surface area contributed by atoms with E-state index >= 15 is 0 Å². The molecule has 1 aliphatic heterocycles. The van der Waals surface area contributed by atoms with E-state index in [-0.39, 0.29) is 18.4 Å². The van der Waals surface area contributed by atoms with Gasteiger partial charge in [0.2, 0.25) is 5.95 Å². The molecular formula is C11H13F2N3O2. The normalized spacial score (nSPS) is 20.1. The lowest BCUT2D eigenvalue weighted by Gasteiger charge is -2.38. The molecule has 98 valence electrons. The predicted octanol–water partition coefficient (Wildman–Crippen LogP) is 1.55. The molecule has 0 unspecified atom stereocenters. The molecule has 1 amide bonds. The summed E-state index contributed by atoms with van der Waals surface area (Å²) < 4.78 is 26.5. The molecule has 2 rings (SSSR count). The van der Waals surface area contributed by atoms with Crippen molar-refractivity contribution in [2.75, 3.05) is 24.5 Å². The highest BCUT2D eigenvalue weighted by molar-refractivity contribution is 5.66. The fourth-order valence-corrected chi connectivity index (χ4v) is 2.06. The highest BCUT2D eigenvalue weighted by Gasteiger charge is 2.29. The monoisotopic (exact) mass is 257 g/mol. The van der Waals surface area contributed by atoms with Crippen LogP contribution in [-0.2, 0) is 0 Å². The first-order valence-electron chi connectivity index (χ1n) is 5.55. The Morgan fingerprint density at radius 3 is 2.78 bits per heavy atom. The zero-order valence-corrected chi connectivity index (χ0v) is 9.81. The van der Waals surface area contributed by atoms with Crippen molar-refractivity contribution < 1.29 is 18.7 Å². The summed E-state index contributed by atoms with van der Waals surface area (Å²) in [6.45, 7) is 2.55. The maximum Gasteiger partial charge on any atom is 0.407 e. The summed E-state index contributed by atoms with van der Waals surface area (Å²) in [6.07, 6.45) is -1.00. The number of piperazine rings is 1. The Kier molecular flexibility index (Phi) is 3.31. The molecule has 0 saturated carbocycles. The van der Waals surface area contributed by atoms with E-state index in [1.165, 1.54) is 4.90 Å². The summed E-state index contributed by atoms with van der Waals surface area (Å²) in [5.41, 5.74) is 0. The van der Waals surface area contributed by atoms with Crippen molar-refractivity contribution in [1.82, 2.24) is 9.88 Å². The summed E-state index contributed by atoms with van der Waals surface area (Å²) in [4.78, 5) is 17.2. The summed E-state index contributed by atoms with van der Waals surface area (Å²) in [7, 11) is 0. The van der Waals surface area contributed by atoms with Crippen molar-refractivity contribution in [3.63, 3.8) is 0 Å². The zero-order valence-electron chi connectivity index (χ0n) is 9.81. The molecule has 1 N–H and O–H groups in total. The molecule has 7 heteroatoms. The smallest absolute Gasteiger partial charge is 0.407 e. The number of hydrogen-bond donors (Lipinski definition) is 1. The number of rotatable bonds is 1. The highest BCUT2D eigenvalue weighted by atomic mass is 19.1. The van der Waals surface area contributed by atoms with Gasteiger partial charge in [0.25, 0.3) is 0 Å². The zero-order chi connectivity index (χ0) is 13.3. The summed E-state index contributed by atoms with van der Waals surface area (Å²) in [6, 6.07) is 1.68. The number of halogens is 2. The van der Waals surface area contributed by atoms with Crippen LogP contribution < -0.4 is 4.90 Å². The second kappa shape index (κ2) is 4.75. The Labute approximate surface area is 103 Å². The number of anilines is 1. The highest BCUT2D eigenvalue weighted by Crippen LogP contribution is 2.20. The van der Waals surface area contributed by atoms with Gasteiger partial charge < -0.3 is 14.9 Å². The largest absolute Gasteiger partial charge is 0.465 e. The lowest BCUT2D eigenvalue weighted by atomic mass is 10.2. The van der Waals surface area contributed by atoms with E-state index in [0.717, 1.165) is 12.1 Å². The van der Waals surface area contributed by atoms with Gasteiger partial charge in [-0.3, -0.25) is 0 Å². The van der Waals surface area contributed by atoms with E-state index in [2.05, 4.69) is 4.98 Å². The Balaban J connectivity index is 2.17. The summed E-state index contributed by atoms with van der Waals surface area (Å²) >= 11 is 0. The minimum Gasteiger partial charge on any atom is -0.465 e. The quantitative estimate of drug-likeness (QED) is 0.775. The Bertz CT molecular complexity index is 470. The Hall–Kier alpha value is -1.92. The van der Waals surface area contributed by atoms with Crippen LogP contribution in [0.5, 0.6) is 0 Å². The van der Waals surface area contributed by atoms with Crippen LogP contribution in [0.4, 0.5) is 19.4 Å². The number of amides is 1. The molecule has 18 heavy (non-hydrogen) atoms. The molecule has 1 saturated heterocycles. The Morgan fingerprint density at radius 2 is 2.17 bits per heavy atom. The van der Waals surface area contributed by atoms with Crippen molar-refractivity contribution in [3.8, 4) is 0 Å². The predicted molar refractivity (Wildman–Crippen MR) is 60.6 cm³/mol. The standard InChI is InChI=1S/C11H13F2N3O2/c1-7-6-15(4-5-16(7)11(17)18)10-8(12)2-3-9(13)14-10/h2-3,7H,4-6H2,1H3,(H,17,18)/t7-/m0/s1. The van der Waals surface area contributed by atoms with Gasteiger partial charge in [0.15, 0.2) is 11.6 Å². The second-order valence-corrected chi connectivity index (χ2v) is 4.21. The van der Waals surface area contributed by atoms with Crippen LogP contribution >= 0.6 is 0 Å². The first kappa shape index (κ1) is 12.5. The number of nitrogens with zero attached hydrogens (tertiary/aromatic N) is 3. The van der Waals surface area contributed by atoms with Gasteiger partial charge >= 0.3 is 6.09 Å². The van der Waals surface area contributed by atoms with E-state index < -0.39 is 17.9 Å². The van der Waals surface area contributed by atoms with Crippen LogP contribution in [0.15, 0.2) is 12.1 Å². The SMILES string of the molecule is C[C@H]1CN(c2nc(F)ccc2F)CCN1C(=O)O. The van der Waals surface area contributed by atoms with Gasteiger partial charge in [0.05, 0.1) is 0 Å². The molecule has 1 fully saturated rings. The number of aromatic nitrogens is 1.